The van der Waals surface area contributed by atoms with Crippen LogP contribution in [-0.2, 0) is 23.0 Å². The van der Waals surface area contributed by atoms with Crippen LogP contribution >= 0.6 is 0 Å². The molecule has 0 radical (unpaired) electrons. The van der Waals surface area contributed by atoms with Crippen molar-refractivity contribution in [3.05, 3.63) is 71.3 Å². The molecule has 128 valence electrons. The fourth-order valence-electron chi connectivity index (χ4n) is 2.36. The quantitative estimate of drug-likeness (QED) is 0.880. The first kappa shape index (κ1) is 18.0. The van der Waals surface area contributed by atoms with Crippen LogP contribution < -0.4 is 5.32 Å². The van der Waals surface area contributed by atoms with Crippen LogP contribution in [0.3, 0.4) is 0 Å². The Morgan fingerprint density at radius 3 is 2.25 bits per heavy atom. The lowest BCUT2D eigenvalue weighted by Gasteiger charge is -2.24. The van der Waals surface area contributed by atoms with Gasteiger partial charge in [-0.25, -0.2) is 0 Å². The first-order valence-electron chi connectivity index (χ1n) is 7.40. The Morgan fingerprint density at radius 1 is 1.04 bits per heavy atom. The maximum Gasteiger partial charge on any atom is 0.416 e. The van der Waals surface area contributed by atoms with Crippen molar-refractivity contribution in [2.45, 2.75) is 25.1 Å². The van der Waals surface area contributed by atoms with E-state index in [2.05, 4.69) is 5.32 Å². The normalized spacial score (nSPS) is 14.0. The summed E-state index contributed by atoms with van der Waals surface area (Å²) in [6.45, 7) is 1.44. The molecule has 0 saturated heterocycles. The molecule has 0 spiro atoms. The van der Waals surface area contributed by atoms with Crippen LogP contribution in [0.15, 0.2) is 54.6 Å². The summed E-state index contributed by atoms with van der Waals surface area (Å²) in [6, 6.07) is 13.7. The molecule has 1 atom stereocenters. The molecule has 2 rings (SSSR count). The van der Waals surface area contributed by atoms with Crippen molar-refractivity contribution in [1.82, 2.24) is 5.32 Å². The molecule has 0 saturated carbocycles. The Bertz CT molecular complexity index is 697. The zero-order valence-electron chi connectivity index (χ0n) is 13.1. The molecule has 1 unspecified atom stereocenters. The topological polar surface area (TPSA) is 49.3 Å². The van der Waals surface area contributed by atoms with Gasteiger partial charge in [-0.1, -0.05) is 48.5 Å². The van der Waals surface area contributed by atoms with Gasteiger partial charge >= 0.3 is 6.18 Å². The van der Waals surface area contributed by atoms with Gasteiger partial charge in [0.2, 0.25) is 5.91 Å². The summed E-state index contributed by atoms with van der Waals surface area (Å²) >= 11 is 0. The second-order valence-corrected chi connectivity index (χ2v) is 5.75. The molecule has 0 aliphatic heterocycles. The third kappa shape index (κ3) is 4.58. The number of carbonyl (C=O) groups is 1. The molecule has 0 aromatic heterocycles. The first-order chi connectivity index (χ1) is 11.2. The average molecular weight is 337 g/mol. The number of benzene rings is 2. The lowest BCUT2D eigenvalue weighted by Crippen LogP contribution is -2.39. The molecule has 2 aromatic carbocycles. The van der Waals surface area contributed by atoms with Gasteiger partial charge in [0, 0.05) is 0 Å². The number of amides is 1. The SMILES string of the molecule is CC(O)(CNC(=O)Cc1ccccc1C(F)(F)F)c1ccccc1. The van der Waals surface area contributed by atoms with Crippen molar-refractivity contribution in [3.8, 4) is 0 Å². The molecule has 0 heterocycles. The van der Waals surface area contributed by atoms with Crippen LogP contribution in [0.1, 0.15) is 23.6 Å². The Hall–Kier alpha value is -2.34. The van der Waals surface area contributed by atoms with Crippen molar-refractivity contribution in [2.24, 2.45) is 0 Å². The predicted octanol–water partition coefficient (Wildman–Crippen LogP) is 3.27. The lowest BCUT2D eigenvalue weighted by atomic mass is 9.96. The van der Waals surface area contributed by atoms with E-state index >= 15 is 0 Å². The maximum atomic E-state index is 12.9. The standard InChI is InChI=1S/C18H18F3NO2/c1-17(24,14-8-3-2-4-9-14)12-22-16(23)11-13-7-5-6-10-15(13)18(19,20)21/h2-10,24H,11-12H2,1H3,(H,22,23). The van der Waals surface area contributed by atoms with Gasteiger partial charge in [0.15, 0.2) is 0 Å². The molecular weight excluding hydrogens is 319 g/mol. The third-order valence-corrected chi connectivity index (χ3v) is 3.70. The minimum atomic E-state index is -4.51. The Balaban J connectivity index is 2.02. The largest absolute Gasteiger partial charge is 0.416 e. The van der Waals surface area contributed by atoms with Gasteiger partial charge < -0.3 is 10.4 Å². The minimum absolute atomic E-state index is 0.0932. The molecule has 24 heavy (non-hydrogen) atoms. The molecule has 2 aromatic rings. The molecule has 0 fully saturated rings. The van der Waals surface area contributed by atoms with Crippen molar-refractivity contribution >= 4 is 5.91 Å². The second kappa shape index (κ2) is 7.05. The second-order valence-electron chi connectivity index (χ2n) is 5.75. The van der Waals surface area contributed by atoms with Gasteiger partial charge in [-0.3, -0.25) is 4.79 Å². The van der Waals surface area contributed by atoms with E-state index in [4.69, 9.17) is 0 Å². The van der Waals surface area contributed by atoms with Gasteiger partial charge in [0.1, 0.15) is 5.60 Å². The van der Waals surface area contributed by atoms with E-state index in [9.17, 15) is 23.1 Å². The van der Waals surface area contributed by atoms with Crippen LogP contribution in [0.4, 0.5) is 13.2 Å². The van der Waals surface area contributed by atoms with E-state index in [1.54, 1.807) is 30.3 Å². The summed E-state index contributed by atoms with van der Waals surface area (Å²) in [5.41, 5.74) is -1.61. The molecular formula is C18H18F3NO2. The van der Waals surface area contributed by atoms with Gasteiger partial charge in [-0.15, -0.1) is 0 Å². The summed E-state index contributed by atoms with van der Waals surface area (Å²) in [4.78, 5) is 12.0. The van der Waals surface area contributed by atoms with Crippen molar-refractivity contribution in [1.29, 1.82) is 0 Å². The number of alkyl halides is 3. The van der Waals surface area contributed by atoms with Crippen LogP contribution in [0.25, 0.3) is 0 Å². The van der Waals surface area contributed by atoms with E-state index in [1.165, 1.54) is 25.1 Å². The summed E-state index contributed by atoms with van der Waals surface area (Å²) in [6.07, 6.45) is -4.91. The lowest BCUT2D eigenvalue weighted by molar-refractivity contribution is -0.138. The Kier molecular flexibility index (Phi) is 5.29. The van der Waals surface area contributed by atoms with Crippen LogP contribution in [0.2, 0.25) is 0 Å². The van der Waals surface area contributed by atoms with Crippen molar-refractivity contribution < 1.29 is 23.1 Å². The zero-order valence-corrected chi connectivity index (χ0v) is 13.1. The highest BCUT2D eigenvalue weighted by molar-refractivity contribution is 5.79. The van der Waals surface area contributed by atoms with Crippen LogP contribution in [-0.4, -0.2) is 17.6 Å². The summed E-state index contributed by atoms with van der Waals surface area (Å²) < 4.78 is 38.8. The smallest absolute Gasteiger partial charge is 0.384 e. The summed E-state index contributed by atoms with van der Waals surface area (Å²) in [5.74, 6) is -0.581. The molecule has 6 heteroatoms. The van der Waals surface area contributed by atoms with E-state index < -0.39 is 29.7 Å². The number of aliphatic hydroxyl groups is 1. The molecule has 0 aliphatic carbocycles. The van der Waals surface area contributed by atoms with Crippen LogP contribution in [0.5, 0.6) is 0 Å². The summed E-state index contributed by atoms with van der Waals surface area (Å²) in [5, 5.41) is 12.9. The number of hydrogen-bond acceptors (Lipinski definition) is 2. The van der Waals surface area contributed by atoms with E-state index in [1.807, 2.05) is 0 Å². The fourth-order valence-corrected chi connectivity index (χ4v) is 2.36. The Morgan fingerprint density at radius 2 is 1.62 bits per heavy atom. The number of halogens is 3. The molecule has 1 amide bonds. The number of nitrogens with one attached hydrogen (secondary N) is 1. The van der Waals surface area contributed by atoms with E-state index in [-0.39, 0.29) is 12.1 Å². The highest BCUT2D eigenvalue weighted by Crippen LogP contribution is 2.32. The first-order valence-corrected chi connectivity index (χ1v) is 7.40. The van der Waals surface area contributed by atoms with E-state index in [0.717, 1.165) is 6.07 Å². The minimum Gasteiger partial charge on any atom is -0.384 e. The number of rotatable bonds is 5. The predicted molar refractivity (Wildman–Crippen MR) is 84.2 cm³/mol. The van der Waals surface area contributed by atoms with Gasteiger partial charge in [0.05, 0.1) is 18.5 Å². The van der Waals surface area contributed by atoms with Crippen molar-refractivity contribution in [2.75, 3.05) is 6.54 Å². The van der Waals surface area contributed by atoms with Gasteiger partial charge in [0.25, 0.3) is 0 Å². The highest BCUT2D eigenvalue weighted by atomic mass is 19.4. The highest BCUT2D eigenvalue weighted by Gasteiger charge is 2.33. The zero-order chi connectivity index (χ0) is 17.8. The third-order valence-electron chi connectivity index (χ3n) is 3.70. The number of carbonyl (C=O) groups excluding carboxylic acids is 1. The van der Waals surface area contributed by atoms with Gasteiger partial charge in [-0.05, 0) is 24.1 Å². The fraction of sp³-hybridized carbons (Fsp3) is 0.278. The average Bonchev–Trinajstić information content (AvgIpc) is 2.53. The van der Waals surface area contributed by atoms with Crippen LogP contribution in [0, 0.1) is 0 Å². The molecule has 0 aliphatic rings. The maximum absolute atomic E-state index is 12.9. The molecule has 3 nitrogen and oxygen atoms in total. The van der Waals surface area contributed by atoms with Gasteiger partial charge in [-0.2, -0.15) is 13.2 Å². The molecule has 0 bridgehead atoms. The summed E-state index contributed by atoms with van der Waals surface area (Å²) in [7, 11) is 0. The Labute approximate surface area is 138 Å². The molecule has 2 N–H and O–H groups in total. The van der Waals surface area contributed by atoms with Crippen molar-refractivity contribution in [3.63, 3.8) is 0 Å². The number of hydrogen-bond donors (Lipinski definition) is 2. The monoisotopic (exact) mass is 337 g/mol. The van der Waals surface area contributed by atoms with E-state index in [0.29, 0.717) is 5.56 Å².